The Kier molecular flexibility index (Phi) is 6.55. The summed E-state index contributed by atoms with van der Waals surface area (Å²) in [4.78, 5) is 52.1. The van der Waals surface area contributed by atoms with Crippen molar-refractivity contribution in [3.8, 4) is 5.69 Å². The molecule has 3 heterocycles. The van der Waals surface area contributed by atoms with Gasteiger partial charge in [-0.3, -0.25) is 28.6 Å². The Balaban J connectivity index is 1.45. The van der Waals surface area contributed by atoms with Gasteiger partial charge in [-0.15, -0.1) is 0 Å². The SMILES string of the molecule is NC(=O)C1CC[C@@H](CN2CCCC2=O)N1CC(=O)Nc1ccc(-n2ccccc2=O)cc1F. The van der Waals surface area contributed by atoms with Gasteiger partial charge in [0.25, 0.3) is 5.56 Å². The molecule has 2 aliphatic rings. The Labute approximate surface area is 190 Å². The highest BCUT2D eigenvalue weighted by molar-refractivity contribution is 5.93. The van der Waals surface area contributed by atoms with Gasteiger partial charge in [0.1, 0.15) is 5.82 Å². The predicted octanol–water partition coefficient (Wildman–Crippen LogP) is 0.856. The molecule has 3 N–H and O–H groups in total. The summed E-state index contributed by atoms with van der Waals surface area (Å²) < 4.78 is 16.0. The molecule has 0 bridgehead atoms. The summed E-state index contributed by atoms with van der Waals surface area (Å²) in [5.74, 6) is -1.64. The molecule has 0 spiro atoms. The van der Waals surface area contributed by atoms with E-state index >= 15 is 0 Å². The largest absolute Gasteiger partial charge is 0.368 e. The summed E-state index contributed by atoms with van der Waals surface area (Å²) in [6, 6.07) is 7.91. The maximum atomic E-state index is 14.7. The number of halogens is 1. The molecular formula is C23H26FN5O4. The second-order valence-corrected chi connectivity index (χ2v) is 8.39. The van der Waals surface area contributed by atoms with Crippen LogP contribution in [0.1, 0.15) is 25.7 Å². The van der Waals surface area contributed by atoms with Gasteiger partial charge in [0, 0.05) is 43.9 Å². The maximum absolute atomic E-state index is 14.7. The van der Waals surface area contributed by atoms with Gasteiger partial charge in [-0.25, -0.2) is 4.39 Å². The number of primary amides is 1. The smallest absolute Gasteiger partial charge is 0.255 e. The fourth-order valence-corrected chi connectivity index (χ4v) is 4.58. The van der Waals surface area contributed by atoms with Crippen LogP contribution in [0.25, 0.3) is 5.69 Å². The van der Waals surface area contributed by atoms with Crippen LogP contribution in [0.4, 0.5) is 10.1 Å². The Hall–Kier alpha value is -3.53. The number of likely N-dealkylation sites (tertiary alicyclic amines) is 2. The van der Waals surface area contributed by atoms with Crippen LogP contribution < -0.4 is 16.6 Å². The predicted molar refractivity (Wildman–Crippen MR) is 119 cm³/mol. The number of hydrogen-bond acceptors (Lipinski definition) is 5. The quantitative estimate of drug-likeness (QED) is 0.642. The maximum Gasteiger partial charge on any atom is 0.255 e. The minimum absolute atomic E-state index is 0.0335. The van der Waals surface area contributed by atoms with Gasteiger partial charge in [0.15, 0.2) is 0 Å². The lowest BCUT2D eigenvalue weighted by Crippen LogP contribution is -2.50. The van der Waals surface area contributed by atoms with Crippen molar-refractivity contribution in [2.45, 2.75) is 37.8 Å². The lowest BCUT2D eigenvalue weighted by atomic mass is 10.2. The molecule has 4 rings (SSSR count). The molecule has 174 valence electrons. The number of aromatic nitrogens is 1. The highest BCUT2D eigenvalue weighted by Gasteiger charge is 2.39. The Bertz CT molecular complexity index is 1130. The van der Waals surface area contributed by atoms with E-state index in [2.05, 4.69) is 5.32 Å². The lowest BCUT2D eigenvalue weighted by Gasteiger charge is -2.30. The van der Waals surface area contributed by atoms with Crippen LogP contribution in [-0.2, 0) is 14.4 Å². The van der Waals surface area contributed by atoms with Crippen LogP contribution in [0.5, 0.6) is 0 Å². The summed E-state index contributed by atoms with van der Waals surface area (Å²) in [5, 5.41) is 2.54. The first-order valence-electron chi connectivity index (χ1n) is 10.9. The van der Waals surface area contributed by atoms with Crippen molar-refractivity contribution in [3.63, 3.8) is 0 Å². The van der Waals surface area contributed by atoms with Gasteiger partial charge in [0.2, 0.25) is 17.7 Å². The topological polar surface area (TPSA) is 118 Å². The number of amides is 3. The molecule has 0 radical (unpaired) electrons. The fourth-order valence-electron chi connectivity index (χ4n) is 4.58. The average molecular weight is 455 g/mol. The van der Waals surface area contributed by atoms with E-state index in [1.54, 1.807) is 21.9 Å². The molecule has 9 nitrogen and oxygen atoms in total. The van der Waals surface area contributed by atoms with E-state index in [0.717, 1.165) is 6.42 Å². The van der Waals surface area contributed by atoms with Crippen LogP contribution in [0.15, 0.2) is 47.4 Å². The van der Waals surface area contributed by atoms with Gasteiger partial charge in [0.05, 0.1) is 24.0 Å². The molecule has 3 amide bonds. The first kappa shape index (κ1) is 22.7. The van der Waals surface area contributed by atoms with Crippen molar-refractivity contribution in [2.75, 3.05) is 25.0 Å². The number of nitrogens with two attached hydrogens (primary N) is 1. The van der Waals surface area contributed by atoms with Crippen molar-refractivity contribution in [1.82, 2.24) is 14.4 Å². The molecule has 2 atom stereocenters. The third kappa shape index (κ3) is 4.95. The fraction of sp³-hybridized carbons (Fsp3) is 0.391. The van der Waals surface area contributed by atoms with Crippen LogP contribution >= 0.6 is 0 Å². The van der Waals surface area contributed by atoms with Crippen molar-refractivity contribution in [2.24, 2.45) is 5.73 Å². The minimum atomic E-state index is -0.691. The van der Waals surface area contributed by atoms with E-state index in [9.17, 15) is 23.6 Å². The first-order valence-corrected chi connectivity index (χ1v) is 10.9. The molecule has 1 aromatic heterocycles. The van der Waals surface area contributed by atoms with E-state index in [1.807, 2.05) is 0 Å². The second-order valence-electron chi connectivity index (χ2n) is 8.39. The number of rotatable bonds is 7. The lowest BCUT2D eigenvalue weighted by molar-refractivity contribution is -0.128. The van der Waals surface area contributed by atoms with Crippen molar-refractivity contribution in [3.05, 3.63) is 58.8 Å². The number of nitrogens with one attached hydrogen (secondary N) is 1. The van der Waals surface area contributed by atoms with Crippen LogP contribution in [0.2, 0.25) is 0 Å². The molecule has 2 aromatic rings. The van der Waals surface area contributed by atoms with Gasteiger partial charge in [-0.1, -0.05) is 6.07 Å². The minimum Gasteiger partial charge on any atom is -0.368 e. The Morgan fingerprint density at radius 3 is 2.64 bits per heavy atom. The molecule has 1 unspecified atom stereocenters. The van der Waals surface area contributed by atoms with Gasteiger partial charge < -0.3 is 16.0 Å². The molecule has 2 fully saturated rings. The van der Waals surface area contributed by atoms with Gasteiger partial charge in [-0.05, 0) is 37.5 Å². The molecule has 0 saturated carbocycles. The summed E-state index contributed by atoms with van der Waals surface area (Å²) in [6.07, 6.45) is 3.98. The Morgan fingerprint density at radius 2 is 1.97 bits per heavy atom. The molecule has 33 heavy (non-hydrogen) atoms. The first-order chi connectivity index (χ1) is 15.8. The van der Waals surface area contributed by atoms with Crippen molar-refractivity contribution >= 4 is 23.4 Å². The van der Waals surface area contributed by atoms with E-state index in [1.165, 1.54) is 35.0 Å². The highest BCUT2D eigenvalue weighted by Crippen LogP contribution is 2.26. The van der Waals surface area contributed by atoms with E-state index < -0.39 is 23.7 Å². The molecule has 10 heteroatoms. The third-order valence-electron chi connectivity index (χ3n) is 6.23. The summed E-state index contributed by atoms with van der Waals surface area (Å²) in [7, 11) is 0. The molecular weight excluding hydrogens is 429 g/mol. The number of nitrogens with zero attached hydrogens (tertiary/aromatic N) is 3. The van der Waals surface area contributed by atoms with Crippen molar-refractivity contribution < 1.29 is 18.8 Å². The zero-order chi connectivity index (χ0) is 23.5. The van der Waals surface area contributed by atoms with Crippen LogP contribution in [-0.4, -0.2) is 63.8 Å². The van der Waals surface area contributed by atoms with Crippen molar-refractivity contribution in [1.29, 1.82) is 0 Å². The molecule has 2 saturated heterocycles. The zero-order valence-corrected chi connectivity index (χ0v) is 18.1. The van der Waals surface area contributed by atoms with E-state index in [-0.39, 0.29) is 29.7 Å². The van der Waals surface area contributed by atoms with Gasteiger partial charge >= 0.3 is 0 Å². The summed E-state index contributed by atoms with van der Waals surface area (Å²) in [5.41, 5.74) is 5.54. The monoisotopic (exact) mass is 455 g/mol. The molecule has 0 aliphatic carbocycles. The Morgan fingerprint density at radius 1 is 1.15 bits per heavy atom. The zero-order valence-electron chi connectivity index (χ0n) is 18.1. The van der Waals surface area contributed by atoms with Gasteiger partial charge in [-0.2, -0.15) is 0 Å². The number of benzene rings is 1. The van der Waals surface area contributed by atoms with Crippen LogP contribution in [0.3, 0.4) is 0 Å². The number of carbonyl (C=O) groups is 3. The number of anilines is 1. The standard InChI is InChI=1S/C23H26FN5O4/c24-17-12-15(28-11-2-1-4-22(28)32)6-8-18(17)26-20(30)14-29-16(7-9-19(29)23(25)33)13-27-10-3-5-21(27)31/h1-2,4,6,8,11-12,16,19H,3,5,7,9-10,13-14H2,(H2,25,33)(H,26,30)/t16-,19?/m0/s1. The number of pyridine rings is 1. The molecule has 1 aromatic carbocycles. The normalized spacial score (nSPS) is 20.9. The number of carbonyl (C=O) groups excluding carboxylic acids is 3. The second kappa shape index (κ2) is 9.53. The third-order valence-corrected chi connectivity index (χ3v) is 6.23. The average Bonchev–Trinajstić information content (AvgIpc) is 3.36. The highest BCUT2D eigenvalue weighted by atomic mass is 19.1. The molecule has 2 aliphatic heterocycles. The van der Waals surface area contributed by atoms with Crippen LogP contribution in [0, 0.1) is 5.82 Å². The number of hydrogen-bond donors (Lipinski definition) is 2. The summed E-state index contributed by atoms with van der Waals surface area (Å²) >= 11 is 0. The van der Waals surface area contributed by atoms with E-state index in [0.29, 0.717) is 38.0 Å². The van der Waals surface area contributed by atoms with E-state index in [4.69, 9.17) is 5.73 Å². The summed E-state index contributed by atoms with van der Waals surface area (Å²) in [6.45, 7) is 0.948.